The maximum Gasteiger partial charge on any atom is 0.230 e. The van der Waals surface area contributed by atoms with Crippen molar-refractivity contribution in [2.45, 2.75) is 18.6 Å². The van der Waals surface area contributed by atoms with Gasteiger partial charge in [0.05, 0.1) is 31.1 Å². The van der Waals surface area contributed by atoms with Crippen molar-refractivity contribution in [3.05, 3.63) is 52.5 Å². The van der Waals surface area contributed by atoms with Crippen LogP contribution < -0.4 is 19.5 Å². The number of nitrogens with one attached hydrogen (secondary N) is 1. The van der Waals surface area contributed by atoms with E-state index >= 15 is 0 Å². The van der Waals surface area contributed by atoms with Crippen LogP contribution in [0.25, 0.3) is 0 Å². The molecule has 1 amide bonds. The largest absolute Gasteiger partial charge is 0.497 e. The Morgan fingerprint density at radius 1 is 1.18 bits per heavy atom. The molecule has 0 atom stereocenters. The van der Waals surface area contributed by atoms with Crippen molar-refractivity contribution in [1.29, 1.82) is 0 Å². The molecule has 0 saturated carbocycles. The number of thioether (sulfide) groups is 1. The van der Waals surface area contributed by atoms with Crippen molar-refractivity contribution in [2.24, 2.45) is 0 Å². The van der Waals surface area contributed by atoms with Crippen molar-refractivity contribution in [1.82, 2.24) is 5.32 Å². The van der Waals surface area contributed by atoms with Crippen molar-refractivity contribution in [3.63, 3.8) is 0 Å². The summed E-state index contributed by atoms with van der Waals surface area (Å²) in [5, 5.41) is 3.51. The third-order valence-corrected chi connectivity index (χ3v) is 5.54. The Morgan fingerprint density at radius 2 is 1.96 bits per heavy atom. The molecule has 0 radical (unpaired) electrons. The van der Waals surface area contributed by atoms with Gasteiger partial charge >= 0.3 is 0 Å². The van der Waals surface area contributed by atoms with E-state index in [2.05, 4.69) is 5.32 Å². The van der Waals surface area contributed by atoms with Crippen LogP contribution in [0.4, 0.5) is 0 Å². The normalized spacial score (nSPS) is 12.9. The number of rotatable bonds is 8. The van der Waals surface area contributed by atoms with Crippen LogP contribution >= 0.6 is 23.4 Å². The monoisotopic (exact) mass is 421 g/mol. The van der Waals surface area contributed by atoms with Crippen molar-refractivity contribution in [2.75, 3.05) is 32.6 Å². The molecule has 0 fully saturated rings. The molecular formula is C21H24ClNO4S. The average molecular weight is 422 g/mol. The molecule has 28 heavy (non-hydrogen) atoms. The smallest absolute Gasteiger partial charge is 0.230 e. The Labute approximate surface area is 174 Å². The molecule has 7 heteroatoms. The van der Waals surface area contributed by atoms with Crippen LogP contribution in [-0.4, -0.2) is 38.5 Å². The summed E-state index contributed by atoms with van der Waals surface area (Å²) in [6.45, 7) is 1.84. The minimum atomic E-state index is 0.0268. The Hall–Kier alpha value is -2.05. The second-order valence-electron chi connectivity index (χ2n) is 6.40. The first-order valence-electron chi connectivity index (χ1n) is 9.21. The minimum absolute atomic E-state index is 0.0268. The van der Waals surface area contributed by atoms with Crippen LogP contribution in [0, 0.1) is 0 Å². The van der Waals surface area contributed by atoms with Crippen LogP contribution in [-0.2, 0) is 17.0 Å². The fraction of sp³-hybridized carbons (Fsp3) is 0.381. The zero-order valence-corrected chi connectivity index (χ0v) is 17.4. The summed E-state index contributed by atoms with van der Waals surface area (Å²) in [6.07, 6.45) is 1.63. The molecule has 1 N–H and O–H groups in total. The number of benzene rings is 2. The summed E-state index contributed by atoms with van der Waals surface area (Å²) in [4.78, 5) is 12.0. The molecule has 0 bridgehead atoms. The Kier molecular flexibility index (Phi) is 7.74. The third-order valence-electron chi connectivity index (χ3n) is 4.26. The summed E-state index contributed by atoms with van der Waals surface area (Å²) in [6, 6.07) is 11.7. The maximum absolute atomic E-state index is 12.0. The van der Waals surface area contributed by atoms with Gasteiger partial charge in [-0.25, -0.2) is 0 Å². The molecule has 5 nitrogen and oxygen atoms in total. The van der Waals surface area contributed by atoms with E-state index in [1.165, 1.54) is 0 Å². The van der Waals surface area contributed by atoms with Gasteiger partial charge in [0.1, 0.15) is 5.75 Å². The van der Waals surface area contributed by atoms with E-state index < -0.39 is 0 Å². The first-order valence-corrected chi connectivity index (χ1v) is 10.7. The predicted octanol–water partition coefficient (Wildman–Crippen LogP) is 4.10. The Morgan fingerprint density at radius 3 is 2.75 bits per heavy atom. The van der Waals surface area contributed by atoms with E-state index in [4.69, 9.17) is 25.8 Å². The summed E-state index contributed by atoms with van der Waals surface area (Å²) >= 11 is 7.85. The maximum atomic E-state index is 12.0. The number of hydrogen-bond acceptors (Lipinski definition) is 5. The van der Waals surface area contributed by atoms with Gasteiger partial charge in [-0.1, -0.05) is 23.7 Å². The summed E-state index contributed by atoms with van der Waals surface area (Å²) < 4.78 is 16.5. The van der Waals surface area contributed by atoms with Gasteiger partial charge in [-0.05, 0) is 41.8 Å². The summed E-state index contributed by atoms with van der Waals surface area (Å²) in [5.41, 5.74) is 2.18. The number of halogens is 1. The van der Waals surface area contributed by atoms with Gasteiger partial charge in [-0.15, -0.1) is 11.8 Å². The minimum Gasteiger partial charge on any atom is -0.497 e. The molecule has 0 saturated heterocycles. The number of ether oxygens (including phenoxy) is 3. The molecule has 0 unspecified atom stereocenters. The molecule has 1 aliphatic rings. The lowest BCUT2D eigenvalue weighted by atomic mass is 10.1. The van der Waals surface area contributed by atoms with E-state index in [1.807, 2.05) is 36.4 Å². The van der Waals surface area contributed by atoms with E-state index in [9.17, 15) is 4.79 Å². The highest BCUT2D eigenvalue weighted by molar-refractivity contribution is 7.99. The quantitative estimate of drug-likeness (QED) is 0.695. The number of hydrogen-bond donors (Lipinski definition) is 1. The molecule has 0 aromatic heterocycles. The van der Waals surface area contributed by atoms with Gasteiger partial charge in [-0.3, -0.25) is 4.79 Å². The lowest BCUT2D eigenvalue weighted by Crippen LogP contribution is -2.27. The highest BCUT2D eigenvalue weighted by Crippen LogP contribution is 2.38. The number of fused-ring (bicyclic) bond motifs is 1. The van der Waals surface area contributed by atoms with Gasteiger partial charge in [0.25, 0.3) is 0 Å². The Balaban J connectivity index is 1.40. The summed E-state index contributed by atoms with van der Waals surface area (Å²) in [5.74, 6) is 3.24. The number of methoxy groups -OCH3 is 1. The van der Waals surface area contributed by atoms with Gasteiger partial charge < -0.3 is 19.5 Å². The number of amides is 1. The van der Waals surface area contributed by atoms with Crippen molar-refractivity contribution >= 4 is 29.3 Å². The molecule has 0 spiro atoms. The number of carbonyl (C=O) groups is 1. The highest BCUT2D eigenvalue weighted by atomic mass is 35.5. The first-order chi connectivity index (χ1) is 13.7. The van der Waals surface area contributed by atoms with Crippen LogP contribution in [0.1, 0.15) is 17.5 Å². The molecule has 150 valence electrons. The molecule has 1 heterocycles. The van der Waals surface area contributed by atoms with E-state index in [0.717, 1.165) is 29.7 Å². The zero-order chi connectivity index (χ0) is 19.8. The lowest BCUT2D eigenvalue weighted by Gasteiger charge is -2.11. The van der Waals surface area contributed by atoms with Gasteiger partial charge in [0, 0.05) is 18.7 Å². The van der Waals surface area contributed by atoms with E-state index in [0.29, 0.717) is 47.8 Å². The van der Waals surface area contributed by atoms with E-state index in [-0.39, 0.29) is 5.91 Å². The lowest BCUT2D eigenvalue weighted by molar-refractivity contribution is -0.118. The summed E-state index contributed by atoms with van der Waals surface area (Å²) in [7, 11) is 1.65. The molecule has 3 rings (SSSR count). The standard InChI is InChI=1S/C21H24ClNO4S/c1-25-17-5-3-15(4-6-17)7-8-23-20(24)14-28-13-16-11-18(22)21-19(12-16)26-9-2-10-27-21/h3-6,11-12H,2,7-10,13-14H2,1H3,(H,23,24). The number of carbonyl (C=O) groups excluding carboxylic acids is 1. The van der Waals surface area contributed by atoms with Crippen LogP contribution in [0.3, 0.4) is 0 Å². The predicted molar refractivity (Wildman–Crippen MR) is 113 cm³/mol. The topological polar surface area (TPSA) is 56.8 Å². The molecule has 1 aliphatic heterocycles. The molecule has 2 aromatic rings. The van der Waals surface area contributed by atoms with Crippen LogP contribution in [0.15, 0.2) is 36.4 Å². The van der Waals surface area contributed by atoms with Crippen molar-refractivity contribution in [3.8, 4) is 17.2 Å². The molecule has 2 aromatic carbocycles. The Bertz CT molecular complexity index is 798. The third kappa shape index (κ3) is 5.97. The molecular weight excluding hydrogens is 398 g/mol. The van der Waals surface area contributed by atoms with Gasteiger partial charge in [-0.2, -0.15) is 0 Å². The van der Waals surface area contributed by atoms with Gasteiger partial charge in [0.15, 0.2) is 11.5 Å². The molecule has 0 aliphatic carbocycles. The van der Waals surface area contributed by atoms with Crippen LogP contribution in [0.5, 0.6) is 17.2 Å². The SMILES string of the molecule is COc1ccc(CCNC(=O)CSCc2cc(Cl)c3c(c2)OCCCO3)cc1. The fourth-order valence-electron chi connectivity index (χ4n) is 2.82. The van der Waals surface area contributed by atoms with Crippen LogP contribution in [0.2, 0.25) is 5.02 Å². The van der Waals surface area contributed by atoms with Crippen molar-refractivity contribution < 1.29 is 19.0 Å². The zero-order valence-electron chi connectivity index (χ0n) is 15.8. The average Bonchev–Trinajstić information content (AvgIpc) is 2.94. The van der Waals surface area contributed by atoms with Gasteiger partial charge in [0.2, 0.25) is 5.91 Å². The van der Waals surface area contributed by atoms with E-state index in [1.54, 1.807) is 18.9 Å². The first kappa shape index (κ1) is 20.7. The second kappa shape index (κ2) is 10.5. The highest BCUT2D eigenvalue weighted by Gasteiger charge is 2.15. The fourth-order valence-corrected chi connectivity index (χ4v) is 3.90. The second-order valence-corrected chi connectivity index (χ2v) is 7.79.